The van der Waals surface area contributed by atoms with Gasteiger partial charge in [0, 0.05) is 6.54 Å². The number of aromatic carboxylic acids is 1. The lowest BCUT2D eigenvalue weighted by atomic mass is 10.2. The maximum atomic E-state index is 10.8. The van der Waals surface area contributed by atoms with E-state index in [-0.39, 0.29) is 5.56 Å². The summed E-state index contributed by atoms with van der Waals surface area (Å²) in [7, 11) is 1.53. The minimum Gasteiger partial charge on any atom is -0.495 e. The standard InChI is InChI=1S/C12H17NO3/c1-3-4-7-13-10-6-5-9(12(14)15)8-11(10)16-2/h5-6,8,13H,3-4,7H2,1-2H3,(H,14,15). The van der Waals surface area contributed by atoms with E-state index in [0.717, 1.165) is 25.1 Å². The molecule has 1 rings (SSSR count). The number of carboxylic acids is 1. The Kier molecular flexibility index (Phi) is 4.64. The summed E-state index contributed by atoms with van der Waals surface area (Å²) in [6.45, 7) is 2.98. The maximum Gasteiger partial charge on any atom is 0.335 e. The van der Waals surface area contributed by atoms with Crippen molar-refractivity contribution in [3.63, 3.8) is 0 Å². The summed E-state index contributed by atoms with van der Waals surface area (Å²) in [5.74, 6) is -0.380. The van der Waals surface area contributed by atoms with Gasteiger partial charge in [0.25, 0.3) is 0 Å². The zero-order valence-corrected chi connectivity index (χ0v) is 9.62. The van der Waals surface area contributed by atoms with E-state index in [4.69, 9.17) is 9.84 Å². The Morgan fingerprint density at radius 1 is 1.50 bits per heavy atom. The van der Waals surface area contributed by atoms with Crippen molar-refractivity contribution in [3.05, 3.63) is 23.8 Å². The molecule has 0 aromatic heterocycles. The summed E-state index contributed by atoms with van der Waals surface area (Å²) in [5, 5.41) is 12.0. The fraction of sp³-hybridized carbons (Fsp3) is 0.417. The van der Waals surface area contributed by atoms with Crippen LogP contribution in [0.1, 0.15) is 30.1 Å². The molecule has 0 heterocycles. The number of methoxy groups -OCH3 is 1. The Hall–Kier alpha value is -1.71. The number of hydrogen-bond acceptors (Lipinski definition) is 3. The largest absolute Gasteiger partial charge is 0.495 e. The number of nitrogens with one attached hydrogen (secondary N) is 1. The molecule has 0 aliphatic heterocycles. The quantitative estimate of drug-likeness (QED) is 0.728. The van der Waals surface area contributed by atoms with Gasteiger partial charge >= 0.3 is 5.97 Å². The molecule has 0 fully saturated rings. The third kappa shape index (κ3) is 3.15. The van der Waals surface area contributed by atoms with Crippen LogP contribution in [0.2, 0.25) is 0 Å². The fourth-order valence-electron chi connectivity index (χ4n) is 1.37. The van der Waals surface area contributed by atoms with Crippen LogP contribution in [0, 0.1) is 0 Å². The van der Waals surface area contributed by atoms with E-state index in [9.17, 15) is 4.79 Å². The van der Waals surface area contributed by atoms with Crippen LogP contribution in [0.4, 0.5) is 5.69 Å². The minimum atomic E-state index is -0.946. The van der Waals surface area contributed by atoms with Gasteiger partial charge < -0.3 is 15.2 Å². The summed E-state index contributed by atoms with van der Waals surface area (Å²) in [4.78, 5) is 10.8. The number of benzene rings is 1. The molecule has 4 heteroatoms. The van der Waals surface area contributed by atoms with Gasteiger partial charge in [-0.25, -0.2) is 4.79 Å². The molecule has 0 bridgehead atoms. The molecule has 4 nitrogen and oxygen atoms in total. The molecule has 88 valence electrons. The van der Waals surface area contributed by atoms with Gasteiger partial charge in [-0.1, -0.05) is 13.3 Å². The molecule has 0 radical (unpaired) electrons. The highest BCUT2D eigenvalue weighted by Crippen LogP contribution is 2.25. The first-order valence-corrected chi connectivity index (χ1v) is 5.34. The normalized spacial score (nSPS) is 9.88. The zero-order valence-electron chi connectivity index (χ0n) is 9.62. The molecule has 0 spiro atoms. The maximum absolute atomic E-state index is 10.8. The van der Waals surface area contributed by atoms with Gasteiger partial charge in [-0.2, -0.15) is 0 Å². The van der Waals surface area contributed by atoms with Gasteiger partial charge in [0.05, 0.1) is 18.4 Å². The van der Waals surface area contributed by atoms with Crippen molar-refractivity contribution < 1.29 is 14.6 Å². The molecule has 0 saturated carbocycles. The first-order valence-electron chi connectivity index (χ1n) is 5.34. The number of ether oxygens (including phenoxy) is 1. The Balaban J connectivity index is 2.80. The second-order valence-electron chi connectivity index (χ2n) is 3.50. The van der Waals surface area contributed by atoms with Crippen molar-refractivity contribution in [3.8, 4) is 5.75 Å². The summed E-state index contributed by atoms with van der Waals surface area (Å²) in [6.07, 6.45) is 2.19. The lowest BCUT2D eigenvalue weighted by molar-refractivity contribution is 0.0696. The van der Waals surface area contributed by atoms with Crippen molar-refractivity contribution in [1.82, 2.24) is 0 Å². The smallest absolute Gasteiger partial charge is 0.335 e. The van der Waals surface area contributed by atoms with Gasteiger partial charge in [0.15, 0.2) is 0 Å². The zero-order chi connectivity index (χ0) is 12.0. The number of rotatable bonds is 6. The van der Waals surface area contributed by atoms with E-state index in [1.165, 1.54) is 13.2 Å². The van der Waals surface area contributed by atoms with Gasteiger partial charge in [0.1, 0.15) is 5.75 Å². The summed E-state index contributed by atoms with van der Waals surface area (Å²) < 4.78 is 5.14. The highest BCUT2D eigenvalue weighted by Gasteiger charge is 2.08. The van der Waals surface area contributed by atoms with Crippen LogP contribution in [0.25, 0.3) is 0 Å². The summed E-state index contributed by atoms with van der Waals surface area (Å²) in [5.41, 5.74) is 1.07. The van der Waals surface area contributed by atoms with E-state index < -0.39 is 5.97 Å². The van der Waals surface area contributed by atoms with E-state index in [1.807, 2.05) is 0 Å². The Morgan fingerprint density at radius 2 is 2.25 bits per heavy atom. The van der Waals surface area contributed by atoms with Crippen molar-refractivity contribution in [1.29, 1.82) is 0 Å². The average Bonchev–Trinajstić information content (AvgIpc) is 2.29. The van der Waals surface area contributed by atoms with Crippen LogP contribution >= 0.6 is 0 Å². The number of hydrogen-bond donors (Lipinski definition) is 2. The summed E-state index contributed by atoms with van der Waals surface area (Å²) >= 11 is 0. The molecule has 0 unspecified atom stereocenters. The van der Waals surface area contributed by atoms with Gasteiger partial charge in [0.2, 0.25) is 0 Å². The molecular weight excluding hydrogens is 206 g/mol. The lowest BCUT2D eigenvalue weighted by Gasteiger charge is -2.11. The van der Waals surface area contributed by atoms with Crippen molar-refractivity contribution in [2.75, 3.05) is 19.0 Å². The van der Waals surface area contributed by atoms with Crippen LogP contribution < -0.4 is 10.1 Å². The number of carbonyl (C=O) groups is 1. The van der Waals surface area contributed by atoms with Crippen molar-refractivity contribution in [2.45, 2.75) is 19.8 Å². The highest BCUT2D eigenvalue weighted by atomic mass is 16.5. The molecule has 0 atom stereocenters. The van der Waals surface area contributed by atoms with E-state index in [0.29, 0.717) is 5.75 Å². The highest BCUT2D eigenvalue weighted by molar-refractivity contribution is 5.89. The molecular formula is C12H17NO3. The van der Waals surface area contributed by atoms with Crippen molar-refractivity contribution >= 4 is 11.7 Å². The monoisotopic (exact) mass is 223 g/mol. The first kappa shape index (κ1) is 12.4. The van der Waals surface area contributed by atoms with E-state index in [2.05, 4.69) is 12.2 Å². The van der Waals surface area contributed by atoms with Crippen LogP contribution in [-0.4, -0.2) is 24.7 Å². The molecule has 0 amide bonds. The van der Waals surface area contributed by atoms with E-state index >= 15 is 0 Å². The van der Waals surface area contributed by atoms with E-state index in [1.54, 1.807) is 12.1 Å². The lowest BCUT2D eigenvalue weighted by Crippen LogP contribution is -2.04. The molecule has 1 aromatic rings. The number of carboxylic acid groups (broad SMARTS) is 1. The second kappa shape index (κ2) is 6.00. The van der Waals surface area contributed by atoms with Crippen LogP contribution in [0.15, 0.2) is 18.2 Å². The first-order chi connectivity index (χ1) is 7.69. The van der Waals surface area contributed by atoms with Gasteiger partial charge in [-0.3, -0.25) is 0 Å². The van der Waals surface area contributed by atoms with Gasteiger partial charge in [-0.15, -0.1) is 0 Å². The van der Waals surface area contributed by atoms with Gasteiger partial charge in [-0.05, 0) is 24.6 Å². The van der Waals surface area contributed by atoms with Crippen molar-refractivity contribution in [2.24, 2.45) is 0 Å². The predicted octanol–water partition coefficient (Wildman–Crippen LogP) is 2.61. The molecule has 1 aromatic carbocycles. The molecule has 16 heavy (non-hydrogen) atoms. The Bertz CT molecular complexity index is 363. The second-order valence-corrected chi connectivity index (χ2v) is 3.50. The molecule has 0 aliphatic rings. The van der Waals surface area contributed by atoms with Crippen LogP contribution in [0.5, 0.6) is 5.75 Å². The third-order valence-corrected chi connectivity index (χ3v) is 2.29. The SMILES string of the molecule is CCCCNc1ccc(C(=O)O)cc1OC. The average molecular weight is 223 g/mol. The van der Waals surface area contributed by atoms with Crippen LogP contribution in [0.3, 0.4) is 0 Å². The molecule has 0 saturated heterocycles. The van der Waals surface area contributed by atoms with Crippen LogP contribution in [-0.2, 0) is 0 Å². The topological polar surface area (TPSA) is 58.6 Å². The fourth-order valence-corrected chi connectivity index (χ4v) is 1.37. The predicted molar refractivity (Wildman–Crippen MR) is 63.4 cm³/mol. The Morgan fingerprint density at radius 3 is 2.81 bits per heavy atom. The summed E-state index contributed by atoms with van der Waals surface area (Å²) in [6, 6.07) is 4.83. The molecule has 2 N–H and O–H groups in total. The molecule has 0 aliphatic carbocycles. The number of unbranched alkanes of at least 4 members (excludes halogenated alkanes) is 1. The Labute approximate surface area is 95.2 Å². The third-order valence-electron chi connectivity index (χ3n) is 2.29. The minimum absolute atomic E-state index is 0.234. The number of anilines is 1.